The van der Waals surface area contributed by atoms with Crippen molar-refractivity contribution in [3.63, 3.8) is 0 Å². The summed E-state index contributed by atoms with van der Waals surface area (Å²) in [7, 11) is 3.03. The van der Waals surface area contributed by atoms with E-state index in [1.54, 1.807) is 30.3 Å². The van der Waals surface area contributed by atoms with E-state index in [-0.39, 0.29) is 21.7 Å². The molecule has 0 atom stereocenters. The zero-order valence-corrected chi connectivity index (χ0v) is 20.5. The van der Waals surface area contributed by atoms with Gasteiger partial charge in [-0.25, -0.2) is 4.79 Å². The SMILES string of the molecule is COc1cc(OC)cc(-c2nnc(S/C(=C/c3ccc(N4CCCCC4)c([N+](=O)[O-])c3)C(=O)O)o2)c1. The van der Waals surface area contributed by atoms with Gasteiger partial charge in [-0.15, -0.1) is 10.2 Å². The molecule has 2 aromatic carbocycles. The largest absolute Gasteiger partial charge is 0.497 e. The Morgan fingerprint density at radius 3 is 2.42 bits per heavy atom. The van der Waals surface area contributed by atoms with Crippen molar-refractivity contribution in [3.05, 3.63) is 57.0 Å². The van der Waals surface area contributed by atoms with E-state index in [1.807, 2.05) is 4.90 Å². The Hall–Kier alpha value is -4.06. The lowest BCUT2D eigenvalue weighted by molar-refractivity contribution is -0.384. The normalized spacial score (nSPS) is 13.9. The van der Waals surface area contributed by atoms with Gasteiger partial charge >= 0.3 is 5.97 Å². The Morgan fingerprint density at radius 2 is 1.81 bits per heavy atom. The van der Waals surface area contributed by atoms with Gasteiger partial charge in [0.1, 0.15) is 22.1 Å². The van der Waals surface area contributed by atoms with Crippen molar-refractivity contribution in [1.82, 2.24) is 10.2 Å². The minimum absolute atomic E-state index is 0.000117. The standard InChI is InChI=1S/C24H24N4O7S/c1-33-17-12-16(13-18(14-17)34-2)22-25-26-24(35-22)36-21(23(29)30)11-15-6-7-19(20(10-15)28(31)32)27-8-4-3-5-9-27/h6-7,10-14H,3-5,8-9H2,1-2H3,(H,29,30)/b21-11+. The number of nitro benzene ring substituents is 1. The molecule has 0 saturated carbocycles. The fourth-order valence-electron chi connectivity index (χ4n) is 3.86. The third-order valence-electron chi connectivity index (χ3n) is 5.60. The van der Waals surface area contributed by atoms with Gasteiger partial charge in [-0.2, -0.15) is 0 Å². The van der Waals surface area contributed by atoms with E-state index in [0.717, 1.165) is 44.1 Å². The summed E-state index contributed by atoms with van der Waals surface area (Å²) in [5.74, 6) is -0.0264. The van der Waals surface area contributed by atoms with E-state index < -0.39 is 10.9 Å². The summed E-state index contributed by atoms with van der Waals surface area (Å²) in [6, 6.07) is 9.78. The number of ether oxygens (including phenoxy) is 2. The molecule has 1 aliphatic heterocycles. The molecular formula is C24H24N4O7S. The molecule has 0 amide bonds. The zero-order chi connectivity index (χ0) is 25.7. The second-order valence-electron chi connectivity index (χ2n) is 7.94. The lowest BCUT2D eigenvalue weighted by Gasteiger charge is -2.28. The average molecular weight is 513 g/mol. The molecule has 1 saturated heterocycles. The molecule has 0 aliphatic carbocycles. The summed E-state index contributed by atoms with van der Waals surface area (Å²) in [6.45, 7) is 1.51. The summed E-state index contributed by atoms with van der Waals surface area (Å²) in [5, 5.41) is 29.4. The van der Waals surface area contributed by atoms with Crippen LogP contribution in [0, 0.1) is 10.1 Å². The predicted octanol–water partition coefficient (Wildman–Crippen LogP) is 4.87. The van der Waals surface area contributed by atoms with Gasteiger partial charge in [0.05, 0.1) is 19.1 Å². The average Bonchev–Trinajstić information content (AvgIpc) is 3.37. The van der Waals surface area contributed by atoms with Crippen LogP contribution < -0.4 is 14.4 Å². The highest BCUT2D eigenvalue weighted by Crippen LogP contribution is 2.35. The van der Waals surface area contributed by atoms with Crippen molar-refractivity contribution in [2.45, 2.75) is 24.5 Å². The Labute approximate surface area is 210 Å². The van der Waals surface area contributed by atoms with Crippen LogP contribution >= 0.6 is 11.8 Å². The molecule has 36 heavy (non-hydrogen) atoms. The first kappa shape index (κ1) is 25.0. The quantitative estimate of drug-likeness (QED) is 0.182. The fourth-order valence-corrected chi connectivity index (χ4v) is 4.53. The van der Waals surface area contributed by atoms with E-state index in [4.69, 9.17) is 13.9 Å². The minimum Gasteiger partial charge on any atom is -0.497 e. The third kappa shape index (κ3) is 5.77. The Morgan fingerprint density at radius 1 is 1.11 bits per heavy atom. The number of thioether (sulfide) groups is 1. The molecule has 188 valence electrons. The van der Waals surface area contributed by atoms with Crippen molar-refractivity contribution in [1.29, 1.82) is 0 Å². The van der Waals surface area contributed by atoms with Crippen molar-refractivity contribution < 1.29 is 28.7 Å². The maximum Gasteiger partial charge on any atom is 0.342 e. The van der Waals surface area contributed by atoms with E-state index in [2.05, 4.69) is 10.2 Å². The molecule has 2 heterocycles. The number of rotatable bonds is 9. The van der Waals surface area contributed by atoms with E-state index in [9.17, 15) is 20.0 Å². The number of anilines is 1. The Bertz CT molecular complexity index is 1280. The predicted molar refractivity (Wildman–Crippen MR) is 133 cm³/mol. The Kier molecular flexibility index (Phi) is 7.74. The fraction of sp³-hybridized carbons (Fsp3) is 0.292. The maximum absolute atomic E-state index is 11.9. The molecule has 1 fully saturated rings. The van der Waals surface area contributed by atoms with Crippen LogP contribution in [0.15, 0.2) is 50.9 Å². The number of piperidine rings is 1. The van der Waals surface area contributed by atoms with Gasteiger partial charge in [-0.3, -0.25) is 10.1 Å². The number of aliphatic carboxylic acids is 1. The molecule has 12 heteroatoms. The van der Waals surface area contributed by atoms with Crippen LogP contribution in [-0.2, 0) is 4.79 Å². The van der Waals surface area contributed by atoms with Crippen molar-refractivity contribution in [3.8, 4) is 23.0 Å². The first-order valence-corrected chi connectivity index (χ1v) is 11.9. The smallest absolute Gasteiger partial charge is 0.342 e. The molecule has 0 radical (unpaired) electrons. The van der Waals surface area contributed by atoms with Gasteiger partial charge in [0, 0.05) is 30.8 Å². The Balaban J connectivity index is 1.60. The van der Waals surface area contributed by atoms with Gasteiger partial charge in [0.15, 0.2) is 0 Å². The topological polar surface area (TPSA) is 141 Å². The highest BCUT2D eigenvalue weighted by atomic mass is 32.2. The molecule has 0 bridgehead atoms. The van der Waals surface area contributed by atoms with Gasteiger partial charge in [0.25, 0.3) is 10.9 Å². The van der Waals surface area contributed by atoms with Crippen molar-refractivity contribution >= 4 is 35.2 Å². The van der Waals surface area contributed by atoms with Gasteiger partial charge < -0.3 is 23.9 Å². The van der Waals surface area contributed by atoms with Crippen LogP contribution in [0.3, 0.4) is 0 Å². The maximum atomic E-state index is 11.9. The molecular weight excluding hydrogens is 488 g/mol. The number of aromatic nitrogens is 2. The lowest BCUT2D eigenvalue weighted by atomic mass is 10.1. The molecule has 11 nitrogen and oxygen atoms in total. The highest BCUT2D eigenvalue weighted by molar-refractivity contribution is 8.03. The number of carboxylic acids is 1. The summed E-state index contributed by atoms with van der Waals surface area (Å²) in [4.78, 5) is 25.1. The molecule has 4 rings (SSSR count). The lowest BCUT2D eigenvalue weighted by Crippen LogP contribution is -2.29. The number of carboxylic acid groups (broad SMARTS) is 1. The van der Waals surface area contributed by atoms with Crippen LogP contribution in [0.4, 0.5) is 11.4 Å². The summed E-state index contributed by atoms with van der Waals surface area (Å²) < 4.78 is 16.2. The zero-order valence-electron chi connectivity index (χ0n) is 19.7. The van der Waals surface area contributed by atoms with Crippen LogP contribution in [0.25, 0.3) is 17.5 Å². The minimum atomic E-state index is -1.23. The van der Waals surface area contributed by atoms with Gasteiger partial charge in [-0.05, 0) is 60.9 Å². The third-order valence-corrected chi connectivity index (χ3v) is 6.46. The molecule has 0 spiro atoms. The summed E-state index contributed by atoms with van der Waals surface area (Å²) in [6.07, 6.45) is 4.41. The number of nitrogens with zero attached hydrogens (tertiary/aromatic N) is 4. The van der Waals surface area contributed by atoms with E-state index in [0.29, 0.717) is 28.3 Å². The van der Waals surface area contributed by atoms with Crippen LogP contribution in [0.2, 0.25) is 0 Å². The van der Waals surface area contributed by atoms with E-state index >= 15 is 0 Å². The van der Waals surface area contributed by atoms with Crippen LogP contribution in [0.5, 0.6) is 11.5 Å². The molecule has 1 N–H and O–H groups in total. The number of hydrogen-bond donors (Lipinski definition) is 1. The second kappa shape index (κ2) is 11.1. The summed E-state index contributed by atoms with van der Waals surface area (Å²) in [5.41, 5.74) is 1.39. The van der Waals surface area contributed by atoms with Crippen LogP contribution in [-0.4, -0.2) is 53.5 Å². The molecule has 0 unspecified atom stereocenters. The second-order valence-corrected chi connectivity index (χ2v) is 8.94. The van der Waals surface area contributed by atoms with Crippen molar-refractivity contribution in [2.75, 3.05) is 32.2 Å². The number of methoxy groups -OCH3 is 2. The molecule has 1 aliphatic rings. The monoisotopic (exact) mass is 512 g/mol. The molecule has 1 aromatic heterocycles. The molecule has 3 aromatic rings. The highest BCUT2D eigenvalue weighted by Gasteiger charge is 2.22. The summed E-state index contributed by atoms with van der Waals surface area (Å²) >= 11 is 0.752. The van der Waals surface area contributed by atoms with E-state index in [1.165, 1.54) is 26.4 Å². The van der Waals surface area contributed by atoms with Crippen molar-refractivity contribution in [2.24, 2.45) is 0 Å². The number of carbonyl (C=O) groups is 1. The van der Waals surface area contributed by atoms with Crippen LogP contribution in [0.1, 0.15) is 24.8 Å². The first-order chi connectivity index (χ1) is 17.4. The van der Waals surface area contributed by atoms with Gasteiger partial charge in [0.2, 0.25) is 5.89 Å². The number of nitro groups is 1. The van der Waals surface area contributed by atoms with Gasteiger partial charge in [-0.1, -0.05) is 6.07 Å². The number of benzene rings is 2. The number of hydrogen-bond acceptors (Lipinski definition) is 10. The first-order valence-electron chi connectivity index (χ1n) is 11.1.